The van der Waals surface area contributed by atoms with Crippen molar-refractivity contribution in [1.82, 2.24) is 0 Å². The van der Waals surface area contributed by atoms with Crippen molar-refractivity contribution in [2.45, 2.75) is 12.8 Å². The van der Waals surface area contributed by atoms with E-state index in [0.717, 1.165) is 24.3 Å². The molecule has 2 aromatic rings. The summed E-state index contributed by atoms with van der Waals surface area (Å²) in [5, 5.41) is 3.49. The van der Waals surface area contributed by atoms with Gasteiger partial charge in [-0.15, -0.1) is 0 Å². The third kappa shape index (κ3) is 5.24. The normalized spacial score (nSPS) is 13.9. The highest BCUT2D eigenvalue weighted by Gasteiger charge is 2.18. The summed E-state index contributed by atoms with van der Waals surface area (Å²) >= 11 is 5.88. The monoisotopic (exact) mass is 402 g/mol. The van der Waals surface area contributed by atoms with Crippen molar-refractivity contribution < 1.29 is 19.1 Å². The quantitative estimate of drug-likeness (QED) is 0.748. The lowest BCUT2D eigenvalue weighted by Gasteiger charge is -2.29. The van der Waals surface area contributed by atoms with Gasteiger partial charge in [0.25, 0.3) is 0 Å². The topological polar surface area (TPSA) is 67.9 Å². The van der Waals surface area contributed by atoms with Crippen molar-refractivity contribution in [1.29, 1.82) is 0 Å². The highest BCUT2D eigenvalue weighted by Crippen LogP contribution is 2.25. The number of rotatable bonds is 6. The van der Waals surface area contributed by atoms with E-state index in [1.165, 1.54) is 7.11 Å². The molecule has 1 N–H and O–H groups in total. The first-order chi connectivity index (χ1) is 13.6. The smallest absolute Gasteiger partial charge is 0.340 e. The van der Waals surface area contributed by atoms with Crippen molar-refractivity contribution in [2.75, 3.05) is 43.6 Å². The SMILES string of the molecule is COC(=O)c1cc(N2CCOCC2)ccc1NC(=O)CCc1ccc(Cl)cc1. The number of nitrogens with one attached hydrogen (secondary N) is 1. The standard InChI is InChI=1S/C21H23ClN2O4/c1-27-21(26)18-14-17(24-10-12-28-13-11-24)7-8-19(18)23-20(25)9-4-15-2-5-16(22)6-3-15/h2-3,5-8,14H,4,9-13H2,1H3,(H,23,25). The van der Waals surface area contributed by atoms with Gasteiger partial charge in [0.15, 0.2) is 0 Å². The minimum atomic E-state index is -0.483. The van der Waals surface area contributed by atoms with Gasteiger partial charge in [-0.05, 0) is 42.3 Å². The Labute approximate surface area is 169 Å². The van der Waals surface area contributed by atoms with Gasteiger partial charge in [-0.3, -0.25) is 4.79 Å². The summed E-state index contributed by atoms with van der Waals surface area (Å²) in [5.74, 6) is -0.651. The number of benzene rings is 2. The molecule has 7 heteroatoms. The lowest BCUT2D eigenvalue weighted by molar-refractivity contribution is -0.116. The molecular weight excluding hydrogens is 380 g/mol. The molecule has 6 nitrogen and oxygen atoms in total. The fourth-order valence-electron chi connectivity index (χ4n) is 3.06. The van der Waals surface area contributed by atoms with Gasteiger partial charge in [0.05, 0.1) is 31.6 Å². The number of aryl methyl sites for hydroxylation is 1. The molecule has 1 aliphatic heterocycles. The summed E-state index contributed by atoms with van der Waals surface area (Å²) in [4.78, 5) is 26.8. The van der Waals surface area contributed by atoms with Crippen LogP contribution in [-0.2, 0) is 20.7 Å². The summed E-state index contributed by atoms with van der Waals surface area (Å²) in [5.41, 5.74) is 2.72. The molecule has 0 unspecified atom stereocenters. The zero-order valence-corrected chi connectivity index (χ0v) is 16.5. The van der Waals surface area contributed by atoms with Gasteiger partial charge in [0.2, 0.25) is 5.91 Å². The van der Waals surface area contributed by atoms with Crippen molar-refractivity contribution in [3.63, 3.8) is 0 Å². The first-order valence-electron chi connectivity index (χ1n) is 9.16. The Hall–Kier alpha value is -2.57. The van der Waals surface area contributed by atoms with E-state index in [1.54, 1.807) is 24.3 Å². The molecule has 1 fully saturated rings. The largest absolute Gasteiger partial charge is 0.465 e. The Morgan fingerprint density at radius 2 is 1.86 bits per heavy atom. The van der Waals surface area contributed by atoms with Crippen LogP contribution in [0.15, 0.2) is 42.5 Å². The Kier molecular flexibility index (Phi) is 6.90. The maximum absolute atomic E-state index is 12.4. The second-order valence-electron chi connectivity index (χ2n) is 6.50. The summed E-state index contributed by atoms with van der Waals surface area (Å²) in [6, 6.07) is 12.8. The van der Waals surface area contributed by atoms with Crippen LogP contribution in [-0.4, -0.2) is 45.3 Å². The van der Waals surface area contributed by atoms with Crippen LogP contribution >= 0.6 is 11.6 Å². The minimum Gasteiger partial charge on any atom is -0.465 e. The van der Waals surface area contributed by atoms with Crippen LogP contribution in [0.25, 0.3) is 0 Å². The molecule has 0 aromatic heterocycles. The van der Waals surface area contributed by atoms with Gasteiger partial charge in [0.1, 0.15) is 0 Å². The molecule has 1 amide bonds. The van der Waals surface area contributed by atoms with Gasteiger partial charge in [-0.1, -0.05) is 23.7 Å². The number of morpholine rings is 1. The predicted molar refractivity (Wildman–Crippen MR) is 109 cm³/mol. The number of esters is 1. The summed E-state index contributed by atoms with van der Waals surface area (Å²) < 4.78 is 10.3. The molecule has 1 aliphatic rings. The summed E-state index contributed by atoms with van der Waals surface area (Å²) in [6.45, 7) is 2.81. The highest BCUT2D eigenvalue weighted by atomic mass is 35.5. The third-order valence-electron chi connectivity index (χ3n) is 4.61. The van der Waals surface area contributed by atoms with Crippen LogP contribution in [0.5, 0.6) is 0 Å². The number of nitrogens with zero attached hydrogens (tertiary/aromatic N) is 1. The van der Waals surface area contributed by atoms with Crippen LogP contribution in [0, 0.1) is 0 Å². The van der Waals surface area contributed by atoms with Gasteiger partial charge in [-0.25, -0.2) is 4.79 Å². The Balaban J connectivity index is 1.69. The molecule has 0 atom stereocenters. The number of hydrogen-bond acceptors (Lipinski definition) is 5. The predicted octanol–water partition coefficient (Wildman–Crippen LogP) is 3.53. The second-order valence-corrected chi connectivity index (χ2v) is 6.93. The molecule has 0 radical (unpaired) electrons. The average Bonchev–Trinajstić information content (AvgIpc) is 2.73. The molecule has 1 heterocycles. The number of carbonyl (C=O) groups is 2. The number of amides is 1. The summed E-state index contributed by atoms with van der Waals surface area (Å²) in [6.07, 6.45) is 0.885. The molecule has 2 aromatic carbocycles. The third-order valence-corrected chi connectivity index (χ3v) is 4.86. The molecule has 0 aliphatic carbocycles. The molecule has 0 spiro atoms. The maximum Gasteiger partial charge on any atom is 0.340 e. The average molecular weight is 403 g/mol. The number of anilines is 2. The van der Waals surface area contributed by atoms with E-state index in [4.69, 9.17) is 21.1 Å². The lowest BCUT2D eigenvalue weighted by Crippen LogP contribution is -2.36. The Morgan fingerprint density at radius 1 is 1.14 bits per heavy atom. The van der Waals surface area contributed by atoms with Crippen LogP contribution in [0.4, 0.5) is 11.4 Å². The van der Waals surface area contributed by atoms with Crippen LogP contribution < -0.4 is 10.2 Å². The highest BCUT2D eigenvalue weighted by molar-refractivity contribution is 6.30. The van der Waals surface area contributed by atoms with Crippen LogP contribution in [0.2, 0.25) is 5.02 Å². The number of hydrogen-bond donors (Lipinski definition) is 1. The van der Waals surface area contributed by atoms with E-state index >= 15 is 0 Å². The first-order valence-corrected chi connectivity index (χ1v) is 9.54. The molecule has 1 saturated heterocycles. The van der Waals surface area contributed by atoms with Crippen molar-refractivity contribution in [3.8, 4) is 0 Å². The van der Waals surface area contributed by atoms with Gasteiger partial charge < -0.3 is 19.7 Å². The van der Waals surface area contributed by atoms with E-state index in [1.807, 2.05) is 18.2 Å². The first kappa shape index (κ1) is 20.2. The maximum atomic E-state index is 12.4. The number of halogens is 1. The second kappa shape index (κ2) is 9.57. The fraction of sp³-hybridized carbons (Fsp3) is 0.333. The minimum absolute atomic E-state index is 0.167. The lowest BCUT2D eigenvalue weighted by atomic mass is 10.1. The molecule has 148 valence electrons. The Morgan fingerprint density at radius 3 is 2.54 bits per heavy atom. The van der Waals surface area contributed by atoms with E-state index < -0.39 is 5.97 Å². The zero-order valence-electron chi connectivity index (χ0n) is 15.7. The van der Waals surface area contributed by atoms with E-state index in [9.17, 15) is 9.59 Å². The van der Waals surface area contributed by atoms with Crippen molar-refractivity contribution >= 4 is 34.9 Å². The van der Waals surface area contributed by atoms with Gasteiger partial charge in [-0.2, -0.15) is 0 Å². The van der Waals surface area contributed by atoms with Crippen molar-refractivity contribution in [3.05, 3.63) is 58.6 Å². The molecular formula is C21H23ClN2O4. The Bertz CT molecular complexity index is 833. The summed E-state index contributed by atoms with van der Waals surface area (Å²) in [7, 11) is 1.33. The number of carbonyl (C=O) groups excluding carboxylic acids is 2. The van der Waals surface area contributed by atoms with Crippen molar-refractivity contribution in [2.24, 2.45) is 0 Å². The van der Waals surface area contributed by atoms with Gasteiger partial charge >= 0.3 is 5.97 Å². The zero-order chi connectivity index (χ0) is 19.9. The van der Waals surface area contributed by atoms with E-state index in [-0.39, 0.29) is 5.91 Å². The van der Waals surface area contributed by atoms with Gasteiger partial charge in [0, 0.05) is 30.2 Å². The van der Waals surface area contributed by atoms with Crippen LogP contribution in [0.3, 0.4) is 0 Å². The molecule has 28 heavy (non-hydrogen) atoms. The number of methoxy groups -OCH3 is 1. The fourth-order valence-corrected chi connectivity index (χ4v) is 3.19. The molecule has 0 saturated carbocycles. The molecule has 3 rings (SSSR count). The molecule has 0 bridgehead atoms. The van der Waals surface area contributed by atoms with Crippen LogP contribution in [0.1, 0.15) is 22.3 Å². The number of ether oxygens (including phenoxy) is 2. The van der Waals surface area contributed by atoms with E-state index in [2.05, 4.69) is 10.2 Å². The van der Waals surface area contributed by atoms with E-state index in [0.29, 0.717) is 42.3 Å².